The summed E-state index contributed by atoms with van der Waals surface area (Å²) < 4.78 is 0. The average molecular weight is 741 g/mol. The Labute approximate surface area is 290 Å². The summed E-state index contributed by atoms with van der Waals surface area (Å²) in [4.78, 5) is 103. The molecule has 7 atom stereocenters. The Bertz CT molecular complexity index is 1220. The molecule has 6 amide bonds. The summed E-state index contributed by atoms with van der Waals surface area (Å²) in [6, 6.07) is -10.5. The third-order valence-electron chi connectivity index (χ3n) is 6.30. The van der Waals surface area contributed by atoms with E-state index >= 15 is 0 Å². The van der Waals surface area contributed by atoms with Crippen molar-refractivity contribution in [2.45, 2.75) is 68.5 Å². The molecular formula is C25H44N10O12S2. The first-order valence-corrected chi connectivity index (χ1v) is 15.7. The summed E-state index contributed by atoms with van der Waals surface area (Å²) >= 11 is 7.85. The van der Waals surface area contributed by atoms with Gasteiger partial charge in [0.2, 0.25) is 35.4 Å². The Morgan fingerprint density at radius 3 is 1.61 bits per heavy atom. The maximum Gasteiger partial charge on any atom is 0.327 e. The number of aliphatic hydroxyl groups excluding tert-OH is 2. The number of guanidine groups is 1. The first kappa shape index (κ1) is 44.6. The summed E-state index contributed by atoms with van der Waals surface area (Å²) in [7, 11) is 0. The fourth-order valence-corrected chi connectivity index (χ4v) is 4.09. The van der Waals surface area contributed by atoms with E-state index in [1.54, 1.807) is 0 Å². The molecule has 0 aliphatic heterocycles. The van der Waals surface area contributed by atoms with Crippen LogP contribution in [0.1, 0.15) is 26.2 Å². The molecule has 0 spiro atoms. The SMILES string of the molecule is CC(NC(=O)C(CO)NC(=O)C(CS)NC(=O)C(CCCN=C(N)N)NC(=O)C(CC(=O)O)NC(=O)C(N)CO)C(=O)NC(CS)C(=O)O. The lowest BCUT2D eigenvalue weighted by Gasteiger charge is -2.26. The van der Waals surface area contributed by atoms with Gasteiger partial charge in [0.1, 0.15) is 42.3 Å². The van der Waals surface area contributed by atoms with Crippen LogP contribution in [0.2, 0.25) is 0 Å². The van der Waals surface area contributed by atoms with Gasteiger partial charge in [-0.1, -0.05) is 0 Å². The van der Waals surface area contributed by atoms with Crippen LogP contribution in [-0.4, -0.2) is 147 Å². The molecule has 7 unspecified atom stereocenters. The number of aliphatic carboxylic acids is 2. The van der Waals surface area contributed by atoms with Gasteiger partial charge in [0.25, 0.3) is 0 Å². The van der Waals surface area contributed by atoms with Gasteiger partial charge in [-0.15, -0.1) is 0 Å². The topological polar surface area (TPSA) is 380 Å². The number of carboxylic acid groups (broad SMARTS) is 2. The Morgan fingerprint density at radius 1 is 0.653 bits per heavy atom. The van der Waals surface area contributed by atoms with Crippen LogP contribution >= 0.6 is 25.3 Å². The number of nitrogens with zero attached hydrogens (tertiary/aromatic N) is 1. The Balaban J connectivity index is 5.81. The van der Waals surface area contributed by atoms with Crippen molar-refractivity contribution in [3.8, 4) is 0 Å². The molecule has 0 aromatic heterocycles. The van der Waals surface area contributed by atoms with E-state index < -0.39 is 109 Å². The third kappa shape index (κ3) is 17.0. The number of nitrogens with one attached hydrogen (secondary N) is 6. The number of nitrogens with two attached hydrogens (primary N) is 3. The van der Waals surface area contributed by atoms with Crippen molar-refractivity contribution in [1.82, 2.24) is 31.9 Å². The molecule has 24 heteroatoms. The summed E-state index contributed by atoms with van der Waals surface area (Å²) in [6.07, 6.45) is -1.02. The zero-order valence-electron chi connectivity index (χ0n) is 26.3. The average Bonchev–Trinajstić information content (AvgIpc) is 3.04. The quantitative estimate of drug-likeness (QED) is 0.0200. The van der Waals surface area contributed by atoms with Crippen LogP contribution in [0.4, 0.5) is 0 Å². The standard InChI is InChI=1S/C25H44N10O12S2/c1-10(18(40)35-16(9-49)24(46)47)30-22(44)14(7-37)33-23(45)15(8-48)34-20(42)12(3-2-4-29-25(27)28)31-21(43)13(5-17(38)39)32-19(41)11(26)6-36/h10-16,36-37,48-49H,2-9,26H2,1H3,(H,30,44)(H,31,43)(H,32,41)(H,33,45)(H,34,42)(H,35,40)(H,38,39)(H,46,47)(H4,27,28,29). The van der Waals surface area contributed by atoms with E-state index in [0.717, 1.165) is 0 Å². The molecule has 0 aliphatic rings. The second-order valence-electron chi connectivity index (χ2n) is 10.3. The summed E-state index contributed by atoms with van der Waals surface area (Å²) in [5.74, 6) is -9.90. The van der Waals surface area contributed by atoms with Crippen LogP contribution in [0.3, 0.4) is 0 Å². The molecule has 0 rings (SSSR count). The van der Waals surface area contributed by atoms with Crippen LogP contribution in [0.15, 0.2) is 4.99 Å². The summed E-state index contributed by atoms with van der Waals surface area (Å²) in [5, 5.41) is 50.3. The number of carbonyl (C=O) groups is 8. The summed E-state index contributed by atoms with van der Waals surface area (Å²) in [6.45, 7) is -0.568. The van der Waals surface area contributed by atoms with Crippen molar-refractivity contribution in [3.05, 3.63) is 0 Å². The van der Waals surface area contributed by atoms with E-state index in [9.17, 15) is 48.6 Å². The van der Waals surface area contributed by atoms with Crippen LogP contribution in [-0.2, 0) is 38.4 Å². The van der Waals surface area contributed by atoms with Crippen LogP contribution in [0.25, 0.3) is 0 Å². The van der Waals surface area contributed by atoms with Gasteiger partial charge in [0.05, 0.1) is 19.6 Å². The van der Waals surface area contributed by atoms with E-state index in [1.165, 1.54) is 6.92 Å². The Kier molecular flexibility index (Phi) is 21.0. The maximum absolute atomic E-state index is 13.3. The molecule has 0 heterocycles. The predicted octanol–water partition coefficient (Wildman–Crippen LogP) is -7.30. The fraction of sp³-hybridized carbons (Fsp3) is 0.640. The molecule has 49 heavy (non-hydrogen) atoms. The molecule has 0 bridgehead atoms. The van der Waals surface area contributed by atoms with Crippen molar-refractivity contribution in [2.75, 3.05) is 31.3 Å². The molecule has 0 saturated carbocycles. The van der Waals surface area contributed by atoms with Gasteiger partial charge in [-0.2, -0.15) is 25.3 Å². The highest BCUT2D eigenvalue weighted by atomic mass is 32.1. The van der Waals surface area contributed by atoms with Gasteiger partial charge in [-0.05, 0) is 19.8 Å². The second-order valence-corrected chi connectivity index (χ2v) is 11.0. The zero-order chi connectivity index (χ0) is 37.8. The number of thiol groups is 2. The zero-order valence-corrected chi connectivity index (χ0v) is 28.1. The highest BCUT2D eigenvalue weighted by Gasteiger charge is 2.33. The van der Waals surface area contributed by atoms with Crippen molar-refractivity contribution < 1.29 is 58.8 Å². The lowest BCUT2D eigenvalue weighted by Crippen LogP contribution is -2.60. The molecule has 0 aliphatic carbocycles. The molecule has 0 aromatic carbocycles. The second kappa shape index (κ2) is 23.0. The van der Waals surface area contributed by atoms with Crippen molar-refractivity contribution in [3.63, 3.8) is 0 Å². The number of aliphatic hydroxyl groups is 2. The van der Waals surface area contributed by atoms with Gasteiger partial charge in [0, 0.05) is 18.1 Å². The van der Waals surface area contributed by atoms with Gasteiger partial charge in [-0.25, -0.2) is 4.79 Å². The van der Waals surface area contributed by atoms with Gasteiger partial charge in [-0.3, -0.25) is 38.6 Å². The number of carbonyl (C=O) groups excluding carboxylic acids is 6. The predicted molar refractivity (Wildman–Crippen MR) is 177 cm³/mol. The minimum absolute atomic E-state index is 0.00550. The van der Waals surface area contributed by atoms with E-state index in [-0.39, 0.29) is 36.9 Å². The first-order valence-electron chi connectivity index (χ1n) is 14.4. The molecule has 0 fully saturated rings. The summed E-state index contributed by atoms with van der Waals surface area (Å²) in [5.41, 5.74) is 16.0. The Morgan fingerprint density at radius 2 is 1.12 bits per heavy atom. The molecule has 22 nitrogen and oxygen atoms in total. The van der Waals surface area contributed by atoms with Gasteiger partial charge >= 0.3 is 11.9 Å². The van der Waals surface area contributed by atoms with Crippen LogP contribution in [0.5, 0.6) is 0 Å². The number of hydrogen-bond acceptors (Lipinski definition) is 14. The first-order chi connectivity index (χ1) is 22.9. The number of hydrogen-bond donors (Lipinski definition) is 15. The lowest BCUT2D eigenvalue weighted by molar-refractivity contribution is -0.141. The maximum atomic E-state index is 13.3. The number of carboxylic acids is 2. The molecular weight excluding hydrogens is 696 g/mol. The molecule has 16 N–H and O–H groups in total. The molecule has 0 aromatic rings. The molecule has 278 valence electrons. The monoisotopic (exact) mass is 740 g/mol. The van der Waals surface area contributed by atoms with Crippen molar-refractivity contribution >= 4 is 78.6 Å². The lowest BCUT2D eigenvalue weighted by atomic mass is 10.1. The minimum Gasteiger partial charge on any atom is -0.481 e. The van der Waals surface area contributed by atoms with Crippen molar-refractivity contribution in [2.24, 2.45) is 22.2 Å². The van der Waals surface area contributed by atoms with E-state index in [2.05, 4.69) is 62.2 Å². The molecule has 0 radical (unpaired) electrons. The van der Waals surface area contributed by atoms with Crippen molar-refractivity contribution in [1.29, 1.82) is 0 Å². The van der Waals surface area contributed by atoms with Gasteiger partial charge < -0.3 is 69.5 Å². The van der Waals surface area contributed by atoms with Gasteiger partial charge in [0.15, 0.2) is 5.96 Å². The minimum atomic E-state index is -1.74. The van der Waals surface area contributed by atoms with E-state index in [0.29, 0.717) is 0 Å². The normalized spacial score (nSPS) is 15.0. The smallest absolute Gasteiger partial charge is 0.327 e. The highest BCUT2D eigenvalue weighted by Crippen LogP contribution is 2.04. The number of aliphatic imine (C=N–C) groups is 1. The highest BCUT2D eigenvalue weighted by molar-refractivity contribution is 7.80. The van der Waals surface area contributed by atoms with E-state index in [1.807, 2.05) is 0 Å². The van der Waals surface area contributed by atoms with Crippen LogP contribution < -0.4 is 49.1 Å². The number of rotatable bonds is 23. The fourth-order valence-electron chi connectivity index (χ4n) is 3.58. The van der Waals surface area contributed by atoms with Crippen LogP contribution in [0, 0.1) is 0 Å². The van der Waals surface area contributed by atoms with E-state index in [4.69, 9.17) is 27.4 Å². The molecule has 0 saturated heterocycles. The number of amides is 6. The third-order valence-corrected chi connectivity index (χ3v) is 7.03. The Hall–Kier alpha value is -4.39. The largest absolute Gasteiger partial charge is 0.481 e.